The lowest BCUT2D eigenvalue weighted by Gasteiger charge is -2.34. The van der Waals surface area contributed by atoms with Gasteiger partial charge in [0.05, 0.1) is 13.5 Å². The molecule has 1 saturated heterocycles. The first-order valence-electron chi connectivity index (χ1n) is 10.9. The Morgan fingerprint density at radius 3 is 2.28 bits per heavy atom. The minimum Gasteiger partial charge on any atom is -0.469 e. The number of benzene rings is 2. The lowest BCUT2D eigenvalue weighted by Crippen LogP contribution is -2.49. The van der Waals surface area contributed by atoms with Gasteiger partial charge in [0.1, 0.15) is 12.6 Å². The van der Waals surface area contributed by atoms with Crippen LogP contribution in [-0.4, -0.2) is 49.1 Å². The minimum absolute atomic E-state index is 0.103. The maximum Gasteiger partial charge on any atom is 0.408 e. The largest absolute Gasteiger partial charge is 0.469 e. The molecule has 1 N–H and O–H groups in total. The quantitative estimate of drug-likeness (QED) is 0.670. The number of piperidine rings is 1. The van der Waals surface area contributed by atoms with E-state index in [1.165, 1.54) is 12.7 Å². The summed E-state index contributed by atoms with van der Waals surface area (Å²) in [6.07, 6.45) is 1.37. The van der Waals surface area contributed by atoms with E-state index in [-0.39, 0.29) is 24.9 Å². The number of hydrogen-bond donors (Lipinski definition) is 1. The highest BCUT2D eigenvalue weighted by atomic mass is 16.5. The van der Waals surface area contributed by atoms with Gasteiger partial charge < -0.3 is 19.7 Å². The van der Waals surface area contributed by atoms with Crippen molar-refractivity contribution in [3.8, 4) is 0 Å². The Labute approximate surface area is 188 Å². The summed E-state index contributed by atoms with van der Waals surface area (Å²) < 4.78 is 9.90. The molecule has 7 nitrogen and oxygen atoms in total. The molecule has 0 aromatic heterocycles. The molecule has 0 bridgehead atoms. The Kier molecular flexibility index (Phi) is 8.25. The first-order valence-corrected chi connectivity index (χ1v) is 10.9. The van der Waals surface area contributed by atoms with Gasteiger partial charge in [0.2, 0.25) is 5.91 Å². The van der Waals surface area contributed by atoms with Crippen molar-refractivity contribution in [1.29, 1.82) is 0 Å². The highest BCUT2D eigenvalue weighted by molar-refractivity contribution is 5.85. The molecule has 1 atom stereocenters. The lowest BCUT2D eigenvalue weighted by atomic mass is 9.88. The molecule has 7 heteroatoms. The summed E-state index contributed by atoms with van der Waals surface area (Å²) in [6, 6.07) is 16.8. The van der Waals surface area contributed by atoms with Crippen LogP contribution in [0.1, 0.15) is 42.4 Å². The van der Waals surface area contributed by atoms with Crippen LogP contribution in [0.15, 0.2) is 54.6 Å². The molecule has 32 heavy (non-hydrogen) atoms. The molecule has 0 spiro atoms. The second-order valence-corrected chi connectivity index (χ2v) is 8.02. The van der Waals surface area contributed by atoms with Gasteiger partial charge in [-0.2, -0.15) is 0 Å². The van der Waals surface area contributed by atoms with E-state index in [2.05, 4.69) is 5.32 Å². The number of nitrogens with one attached hydrogen (secondary N) is 1. The van der Waals surface area contributed by atoms with Crippen molar-refractivity contribution in [2.75, 3.05) is 20.2 Å². The number of amides is 2. The summed E-state index contributed by atoms with van der Waals surface area (Å²) in [5, 5.41) is 2.63. The van der Waals surface area contributed by atoms with Crippen LogP contribution >= 0.6 is 0 Å². The number of alkyl carbamates (subject to hydrolysis) is 1. The molecule has 1 heterocycles. The van der Waals surface area contributed by atoms with Gasteiger partial charge >= 0.3 is 12.1 Å². The van der Waals surface area contributed by atoms with Crippen molar-refractivity contribution >= 4 is 18.0 Å². The molecule has 1 aliphatic rings. The number of carbonyl (C=O) groups is 3. The molecule has 0 radical (unpaired) electrons. The molecule has 2 amide bonds. The van der Waals surface area contributed by atoms with E-state index in [1.54, 1.807) is 11.8 Å². The Hall–Kier alpha value is -3.35. The Morgan fingerprint density at radius 1 is 1.00 bits per heavy atom. The molecule has 2 aromatic carbocycles. The van der Waals surface area contributed by atoms with Crippen molar-refractivity contribution in [3.05, 3.63) is 71.3 Å². The zero-order valence-corrected chi connectivity index (χ0v) is 18.6. The number of likely N-dealkylation sites (tertiary alicyclic amines) is 1. The molecule has 3 rings (SSSR count). The molecule has 0 saturated carbocycles. The Morgan fingerprint density at radius 2 is 1.66 bits per heavy atom. The number of ether oxygens (including phenoxy) is 2. The predicted molar refractivity (Wildman–Crippen MR) is 120 cm³/mol. The number of methoxy groups -OCH3 is 1. The first-order chi connectivity index (χ1) is 15.5. The van der Waals surface area contributed by atoms with Gasteiger partial charge in [-0.25, -0.2) is 4.79 Å². The van der Waals surface area contributed by atoms with E-state index in [0.717, 1.165) is 24.0 Å². The van der Waals surface area contributed by atoms with Crippen LogP contribution in [0.3, 0.4) is 0 Å². The van der Waals surface area contributed by atoms with Gasteiger partial charge in [-0.15, -0.1) is 0 Å². The van der Waals surface area contributed by atoms with E-state index in [4.69, 9.17) is 9.47 Å². The third-order valence-electron chi connectivity index (χ3n) is 5.75. The topological polar surface area (TPSA) is 84.9 Å². The summed E-state index contributed by atoms with van der Waals surface area (Å²) in [7, 11) is 1.38. The zero-order chi connectivity index (χ0) is 22.9. The van der Waals surface area contributed by atoms with Gasteiger partial charge in [0.25, 0.3) is 0 Å². The minimum atomic E-state index is -0.646. The van der Waals surface area contributed by atoms with Crippen molar-refractivity contribution in [2.45, 2.75) is 44.8 Å². The number of hydrogen-bond acceptors (Lipinski definition) is 5. The Bertz CT molecular complexity index is 906. The molecular weight excluding hydrogens is 408 g/mol. The standard InChI is InChI=1S/C25H30N2O5/c1-18(26-25(30)32-17-20-6-4-3-5-7-20)24(29)27-14-12-22(13-15-27)21-10-8-19(9-11-21)16-23(28)31-2/h3-11,18,22H,12-17H2,1-2H3,(H,26,30). The summed E-state index contributed by atoms with van der Waals surface area (Å²) in [6.45, 7) is 3.12. The van der Waals surface area contributed by atoms with E-state index >= 15 is 0 Å². The van der Waals surface area contributed by atoms with Gasteiger partial charge in [-0.1, -0.05) is 54.6 Å². The second kappa shape index (κ2) is 11.3. The fourth-order valence-electron chi connectivity index (χ4n) is 3.86. The predicted octanol–water partition coefficient (Wildman–Crippen LogP) is 3.42. The lowest BCUT2D eigenvalue weighted by molar-refractivity contribution is -0.139. The number of nitrogens with zero attached hydrogens (tertiary/aromatic N) is 1. The highest BCUT2D eigenvalue weighted by Gasteiger charge is 2.27. The van der Waals surface area contributed by atoms with Crippen LogP contribution in [0.4, 0.5) is 4.79 Å². The summed E-state index contributed by atoms with van der Waals surface area (Å²) in [5.74, 6) is 0.00936. The molecule has 1 fully saturated rings. The SMILES string of the molecule is COC(=O)Cc1ccc(C2CCN(C(=O)C(C)NC(=O)OCc3ccccc3)CC2)cc1. The van der Waals surface area contributed by atoms with Crippen LogP contribution in [0, 0.1) is 0 Å². The fourth-order valence-corrected chi connectivity index (χ4v) is 3.86. The van der Waals surface area contributed by atoms with E-state index in [9.17, 15) is 14.4 Å². The monoisotopic (exact) mass is 438 g/mol. The second-order valence-electron chi connectivity index (χ2n) is 8.02. The fraction of sp³-hybridized carbons (Fsp3) is 0.400. The third-order valence-corrected chi connectivity index (χ3v) is 5.75. The maximum absolute atomic E-state index is 12.7. The molecule has 0 aliphatic carbocycles. The van der Waals surface area contributed by atoms with Crippen molar-refractivity contribution in [1.82, 2.24) is 10.2 Å². The van der Waals surface area contributed by atoms with Crippen molar-refractivity contribution in [2.24, 2.45) is 0 Å². The van der Waals surface area contributed by atoms with Crippen LogP contribution in [0.25, 0.3) is 0 Å². The van der Waals surface area contributed by atoms with Crippen LogP contribution in [-0.2, 0) is 32.1 Å². The zero-order valence-electron chi connectivity index (χ0n) is 18.6. The normalized spacial score (nSPS) is 15.0. The summed E-state index contributed by atoms with van der Waals surface area (Å²) in [4.78, 5) is 38.0. The van der Waals surface area contributed by atoms with Crippen LogP contribution < -0.4 is 5.32 Å². The number of esters is 1. The summed E-state index contributed by atoms with van der Waals surface area (Å²) >= 11 is 0. The smallest absolute Gasteiger partial charge is 0.408 e. The maximum atomic E-state index is 12.7. The molecule has 170 valence electrons. The van der Waals surface area contributed by atoms with Gasteiger partial charge in [0.15, 0.2) is 0 Å². The van der Waals surface area contributed by atoms with Crippen molar-refractivity contribution in [3.63, 3.8) is 0 Å². The van der Waals surface area contributed by atoms with Gasteiger partial charge in [-0.05, 0) is 42.4 Å². The first kappa shape index (κ1) is 23.3. The Balaban J connectivity index is 1.43. The van der Waals surface area contributed by atoms with Crippen molar-refractivity contribution < 1.29 is 23.9 Å². The van der Waals surface area contributed by atoms with E-state index < -0.39 is 12.1 Å². The highest BCUT2D eigenvalue weighted by Crippen LogP contribution is 2.28. The molecule has 1 aliphatic heterocycles. The third kappa shape index (κ3) is 6.57. The van der Waals surface area contributed by atoms with Gasteiger partial charge in [-0.3, -0.25) is 9.59 Å². The average Bonchev–Trinajstić information content (AvgIpc) is 2.83. The average molecular weight is 439 g/mol. The summed E-state index contributed by atoms with van der Waals surface area (Å²) in [5.41, 5.74) is 3.02. The molecule has 2 aromatic rings. The number of rotatable bonds is 7. The van der Waals surface area contributed by atoms with Crippen LogP contribution in [0.5, 0.6) is 0 Å². The number of carbonyl (C=O) groups excluding carboxylic acids is 3. The van der Waals surface area contributed by atoms with Gasteiger partial charge in [0, 0.05) is 13.1 Å². The molecule has 1 unspecified atom stereocenters. The van der Waals surface area contributed by atoms with E-state index in [1.807, 2.05) is 54.6 Å². The van der Waals surface area contributed by atoms with E-state index in [0.29, 0.717) is 19.0 Å². The molecular formula is C25H30N2O5. The van der Waals surface area contributed by atoms with Crippen LogP contribution in [0.2, 0.25) is 0 Å².